The summed E-state index contributed by atoms with van der Waals surface area (Å²) in [6, 6.07) is 0. The van der Waals surface area contributed by atoms with Gasteiger partial charge in [-0.1, -0.05) is 40.5 Å². The third kappa shape index (κ3) is 6.71. The monoisotopic (exact) mass is 839 g/mol. The summed E-state index contributed by atoms with van der Waals surface area (Å²) in [7, 11) is 0. The maximum absolute atomic E-state index is 14.6. The number of cyclic esters (lactones) is 2. The molecule has 332 valence electrons. The average Bonchev–Trinajstić information content (AvgIpc) is 4.06. The highest BCUT2D eigenvalue weighted by Crippen LogP contribution is 2.73. The first-order valence-electron chi connectivity index (χ1n) is 22.8. The topological polar surface area (TPSA) is 208 Å². The number of aromatic hydroxyl groups is 2. The number of carbonyl (C=O) groups excluding carboxylic acids is 5. The Balaban J connectivity index is 1.21. The summed E-state index contributed by atoms with van der Waals surface area (Å²) in [5.74, 6) is -11.7. The summed E-state index contributed by atoms with van der Waals surface area (Å²) in [5, 5.41) is 44.0. The van der Waals surface area contributed by atoms with Crippen LogP contribution in [0.1, 0.15) is 129 Å². The fourth-order valence-electron chi connectivity index (χ4n) is 14.5. The number of unbranched alkanes of at least 4 members (excludes halogenated alkanes) is 2. The highest BCUT2D eigenvalue weighted by Gasteiger charge is 2.71. The smallest absolute Gasteiger partial charge is 0.317 e. The van der Waals surface area contributed by atoms with Gasteiger partial charge < -0.3 is 39.5 Å². The van der Waals surface area contributed by atoms with Gasteiger partial charge in [-0.25, -0.2) is 0 Å². The van der Waals surface area contributed by atoms with Gasteiger partial charge in [0, 0.05) is 11.1 Å². The van der Waals surface area contributed by atoms with Crippen LogP contribution in [-0.4, -0.2) is 80.0 Å². The van der Waals surface area contributed by atoms with Crippen LogP contribution in [0.2, 0.25) is 0 Å². The molecule has 14 heteroatoms. The Morgan fingerprint density at radius 1 is 0.783 bits per heavy atom. The molecule has 60 heavy (non-hydrogen) atoms. The van der Waals surface area contributed by atoms with Crippen LogP contribution in [0.15, 0.2) is 0 Å². The Kier molecular flexibility index (Phi) is 11.3. The van der Waals surface area contributed by atoms with Crippen LogP contribution in [0.4, 0.5) is 0 Å². The van der Waals surface area contributed by atoms with Crippen molar-refractivity contribution in [3.05, 3.63) is 11.1 Å². The first-order valence-corrected chi connectivity index (χ1v) is 22.8. The molecule has 0 amide bonds. The van der Waals surface area contributed by atoms with Crippen LogP contribution in [0.25, 0.3) is 0 Å². The number of hydrogen-bond donors (Lipinski definition) is 4. The predicted octanol–water partition coefficient (Wildman–Crippen LogP) is 6.09. The second kappa shape index (κ2) is 15.8. The summed E-state index contributed by atoms with van der Waals surface area (Å²) in [4.78, 5) is 71.2. The van der Waals surface area contributed by atoms with Crippen LogP contribution in [0.3, 0.4) is 0 Å². The molecule has 14 nitrogen and oxygen atoms in total. The van der Waals surface area contributed by atoms with Crippen LogP contribution in [0, 0.1) is 88.8 Å². The molecule has 7 aliphatic rings. The predicted molar refractivity (Wildman–Crippen MR) is 212 cm³/mol. The standard InChI is InChI=1S/C46H65NO13/c1-8-10-12-57-41(51)20(4)30(43(53)58-13-11-9-2)34-26-16-22(17-28(26)48)32(34)37-38(45(55)59-44(37)54)33-24-14-21(15-25(24)42(52)60-46(5,6)7)31(33)29-19(3)23-18-27(29)36-35(23)39(49)47(56)40(36)50/h19-34,37-38,48-50,56H,8-18H2,1-7H3. The molecule has 1 saturated heterocycles. The fourth-order valence-corrected chi connectivity index (χ4v) is 14.5. The Labute approximate surface area is 352 Å². The SMILES string of the molecule is CCCCOC(=O)C(C)C(C(=O)OCCCC)C1C2CC(CC2O)C1C1C(=O)OC(=O)C1C1C2CC(CC2C(=O)OC(C)(C)C)C1C1C2CC(c3c2c(O)n(O)c3O)C1C. The van der Waals surface area contributed by atoms with E-state index in [-0.39, 0.29) is 72.4 Å². The lowest BCUT2D eigenvalue weighted by Crippen LogP contribution is -2.51. The summed E-state index contributed by atoms with van der Waals surface area (Å²) < 4.78 is 23.6. The van der Waals surface area contributed by atoms with Crippen molar-refractivity contribution in [1.82, 2.24) is 4.73 Å². The molecule has 6 aliphatic carbocycles. The van der Waals surface area contributed by atoms with Gasteiger partial charge >= 0.3 is 29.8 Å². The molecule has 0 radical (unpaired) electrons. The number of ether oxygens (including phenoxy) is 4. The second-order valence-electron chi connectivity index (χ2n) is 20.6. The van der Waals surface area contributed by atoms with Gasteiger partial charge in [-0.2, -0.15) is 0 Å². The summed E-state index contributed by atoms with van der Waals surface area (Å²) in [6.45, 7) is 13.5. The Bertz CT molecular complexity index is 1880. The number of esters is 5. The van der Waals surface area contributed by atoms with Crippen molar-refractivity contribution in [3.8, 4) is 11.8 Å². The second-order valence-corrected chi connectivity index (χ2v) is 20.6. The summed E-state index contributed by atoms with van der Waals surface area (Å²) >= 11 is 0. The lowest BCUT2D eigenvalue weighted by Gasteiger charge is -2.47. The summed E-state index contributed by atoms with van der Waals surface area (Å²) in [6.07, 6.45) is 4.77. The van der Waals surface area contributed by atoms with E-state index in [4.69, 9.17) is 18.9 Å². The maximum atomic E-state index is 14.6. The minimum Gasteiger partial charge on any atom is -0.492 e. The van der Waals surface area contributed by atoms with Crippen molar-refractivity contribution in [1.29, 1.82) is 0 Å². The van der Waals surface area contributed by atoms with E-state index in [1.54, 1.807) is 6.92 Å². The number of nitrogens with zero attached hydrogens (tertiary/aromatic N) is 1. The molecule has 1 aromatic heterocycles. The molecular weight excluding hydrogens is 774 g/mol. The third-order valence-corrected chi connectivity index (χ3v) is 16.6. The zero-order chi connectivity index (χ0) is 43.3. The van der Waals surface area contributed by atoms with Gasteiger partial charge in [-0.05, 0) is 137 Å². The molecule has 2 heterocycles. The van der Waals surface area contributed by atoms with Gasteiger partial charge in [0.15, 0.2) is 0 Å². The molecule has 6 fully saturated rings. The van der Waals surface area contributed by atoms with E-state index in [2.05, 4.69) is 6.92 Å². The molecule has 1 aromatic rings. The third-order valence-electron chi connectivity index (χ3n) is 16.6. The van der Waals surface area contributed by atoms with Crippen molar-refractivity contribution in [2.75, 3.05) is 13.2 Å². The minimum atomic E-state index is -1.05. The van der Waals surface area contributed by atoms with Gasteiger partial charge in [0.1, 0.15) is 5.60 Å². The van der Waals surface area contributed by atoms with Crippen LogP contribution >= 0.6 is 0 Å². The van der Waals surface area contributed by atoms with Crippen molar-refractivity contribution < 1.29 is 63.4 Å². The Morgan fingerprint density at radius 2 is 1.35 bits per heavy atom. The average molecular weight is 840 g/mol. The number of aromatic nitrogens is 1. The molecule has 18 unspecified atom stereocenters. The highest BCUT2D eigenvalue weighted by molar-refractivity contribution is 5.97. The first-order chi connectivity index (χ1) is 28.4. The van der Waals surface area contributed by atoms with Crippen LogP contribution < -0.4 is 0 Å². The molecule has 8 rings (SSSR count). The molecule has 1 aliphatic heterocycles. The Hall–Kier alpha value is -3.81. The maximum Gasteiger partial charge on any atom is 0.317 e. The molecule has 6 bridgehead atoms. The molecule has 18 atom stereocenters. The van der Waals surface area contributed by atoms with Crippen molar-refractivity contribution in [2.45, 2.75) is 130 Å². The van der Waals surface area contributed by atoms with Crippen molar-refractivity contribution >= 4 is 29.8 Å². The van der Waals surface area contributed by atoms with E-state index < -0.39 is 94.7 Å². The normalized spacial score (nSPS) is 39.5. The minimum absolute atomic E-state index is 0.0270. The fraction of sp³-hybridized carbons (Fsp3) is 0.804. The lowest BCUT2D eigenvalue weighted by molar-refractivity contribution is -0.168. The molecular formula is C46H65NO13. The lowest BCUT2D eigenvalue weighted by atomic mass is 9.55. The number of rotatable bonds is 14. The van der Waals surface area contributed by atoms with Crippen LogP contribution in [0.5, 0.6) is 11.8 Å². The quantitative estimate of drug-likeness (QED) is 0.0551. The van der Waals surface area contributed by atoms with E-state index in [0.29, 0.717) is 60.8 Å². The largest absolute Gasteiger partial charge is 0.492 e. The molecule has 0 spiro atoms. The number of hydrogen-bond acceptors (Lipinski definition) is 13. The first kappa shape index (κ1) is 42.9. The van der Waals surface area contributed by atoms with Crippen molar-refractivity contribution in [2.24, 2.45) is 88.8 Å². The molecule has 5 saturated carbocycles. The van der Waals surface area contributed by atoms with Gasteiger partial charge in [0.05, 0.1) is 48.9 Å². The zero-order valence-corrected chi connectivity index (χ0v) is 36.1. The van der Waals surface area contributed by atoms with E-state index in [1.807, 2.05) is 34.6 Å². The van der Waals surface area contributed by atoms with E-state index in [9.17, 15) is 44.5 Å². The van der Waals surface area contributed by atoms with Gasteiger partial charge in [-0.15, -0.1) is 4.73 Å². The van der Waals surface area contributed by atoms with Gasteiger partial charge in [0.25, 0.3) is 0 Å². The van der Waals surface area contributed by atoms with Crippen LogP contribution in [-0.2, 0) is 42.9 Å². The van der Waals surface area contributed by atoms with E-state index >= 15 is 0 Å². The number of carbonyl (C=O) groups is 5. The number of fused-ring (bicyclic) bond motifs is 9. The van der Waals surface area contributed by atoms with E-state index in [0.717, 1.165) is 12.8 Å². The molecule has 0 aromatic carbocycles. The zero-order valence-electron chi connectivity index (χ0n) is 36.1. The molecule has 4 N–H and O–H groups in total. The number of aliphatic hydroxyl groups is 1. The number of aliphatic hydroxyl groups excluding tert-OH is 1. The van der Waals surface area contributed by atoms with Gasteiger partial charge in [-0.3, -0.25) is 24.0 Å². The summed E-state index contributed by atoms with van der Waals surface area (Å²) in [5.41, 5.74) is 0.310. The van der Waals surface area contributed by atoms with E-state index in [1.165, 1.54) is 0 Å². The van der Waals surface area contributed by atoms with Gasteiger partial charge in [0.2, 0.25) is 11.8 Å². The van der Waals surface area contributed by atoms with Crippen molar-refractivity contribution in [3.63, 3.8) is 0 Å². The highest BCUT2D eigenvalue weighted by atomic mass is 16.6. The Morgan fingerprint density at radius 3 is 1.97 bits per heavy atom.